The minimum atomic E-state index is -0.185. The molecule has 0 spiro atoms. The van der Waals surface area contributed by atoms with Crippen molar-refractivity contribution in [2.24, 2.45) is 0 Å². The second kappa shape index (κ2) is 7.64. The van der Waals surface area contributed by atoms with Gasteiger partial charge < -0.3 is 15.2 Å². The fourth-order valence-electron chi connectivity index (χ4n) is 3.53. The Kier molecular flexibility index (Phi) is 5.09. The standard InChI is InChI=1S/C20H22ClFN4/c21-14-3-8-18-19(12-14)25-20(24-18)2-1-10-23-16-9-11-26(13-16)17-6-4-15(22)5-7-17/h3-8,12,16,23H,1-2,9-11,13H2,(H,24,25)/t16-/m0/s1. The summed E-state index contributed by atoms with van der Waals surface area (Å²) >= 11 is 6.01. The van der Waals surface area contributed by atoms with E-state index in [9.17, 15) is 4.39 Å². The quantitative estimate of drug-likeness (QED) is 0.639. The Morgan fingerprint density at radius 1 is 1.23 bits per heavy atom. The lowest BCUT2D eigenvalue weighted by Gasteiger charge is -2.19. The van der Waals surface area contributed by atoms with E-state index in [0.29, 0.717) is 6.04 Å². The summed E-state index contributed by atoms with van der Waals surface area (Å²) in [5, 5.41) is 4.35. The van der Waals surface area contributed by atoms with Gasteiger partial charge in [0.25, 0.3) is 0 Å². The maximum Gasteiger partial charge on any atom is 0.123 e. The van der Waals surface area contributed by atoms with Crippen LogP contribution in [0.3, 0.4) is 0 Å². The van der Waals surface area contributed by atoms with Crippen molar-refractivity contribution in [3.8, 4) is 0 Å². The predicted molar refractivity (Wildman–Crippen MR) is 104 cm³/mol. The summed E-state index contributed by atoms with van der Waals surface area (Å²) in [6.07, 6.45) is 3.05. The number of anilines is 1. The Morgan fingerprint density at radius 2 is 2.08 bits per heavy atom. The molecule has 2 heterocycles. The van der Waals surface area contributed by atoms with Crippen molar-refractivity contribution < 1.29 is 4.39 Å². The third-order valence-corrected chi connectivity index (χ3v) is 5.13. The lowest BCUT2D eigenvalue weighted by atomic mass is 10.2. The highest BCUT2D eigenvalue weighted by molar-refractivity contribution is 6.31. The molecule has 1 saturated heterocycles. The molecular weight excluding hydrogens is 351 g/mol. The number of hydrogen-bond acceptors (Lipinski definition) is 3. The number of aromatic nitrogens is 2. The normalized spacial score (nSPS) is 17.3. The van der Waals surface area contributed by atoms with Crippen molar-refractivity contribution in [3.05, 3.63) is 59.1 Å². The summed E-state index contributed by atoms with van der Waals surface area (Å²) in [5.41, 5.74) is 3.05. The molecule has 0 aliphatic carbocycles. The number of fused-ring (bicyclic) bond motifs is 1. The van der Waals surface area contributed by atoms with E-state index >= 15 is 0 Å². The number of nitrogens with zero attached hydrogens (tertiary/aromatic N) is 2. The van der Waals surface area contributed by atoms with Crippen molar-refractivity contribution in [2.45, 2.75) is 25.3 Å². The topological polar surface area (TPSA) is 44.0 Å². The van der Waals surface area contributed by atoms with Crippen molar-refractivity contribution in [1.29, 1.82) is 0 Å². The van der Waals surface area contributed by atoms with Crippen molar-refractivity contribution in [2.75, 3.05) is 24.5 Å². The highest BCUT2D eigenvalue weighted by Gasteiger charge is 2.21. The Balaban J connectivity index is 1.23. The lowest BCUT2D eigenvalue weighted by Crippen LogP contribution is -2.33. The van der Waals surface area contributed by atoms with E-state index in [-0.39, 0.29) is 5.82 Å². The van der Waals surface area contributed by atoms with Crippen LogP contribution in [0.1, 0.15) is 18.7 Å². The molecule has 0 saturated carbocycles. The molecule has 4 nitrogen and oxygen atoms in total. The number of H-pyrrole nitrogens is 1. The minimum Gasteiger partial charge on any atom is -0.370 e. The number of imidazole rings is 1. The van der Waals surface area contributed by atoms with Crippen LogP contribution in [-0.2, 0) is 6.42 Å². The summed E-state index contributed by atoms with van der Waals surface area (Å²) in [6, 6.07) is 13.0. The van der Waals surface area contributed by atoms with Gasteiger partial charge in [0.15, 0.2) is 0 Å². The molecule has 4 rings (SSSR count). The zero-order valence-electron chi connectivity index (χ0n) is 14.5. The molecule has 1 atom stereocenters. The van der Waals surface area contributed by atoms with Gasteiger partial charge in [-0.05, 0) is 61.9 Å². The molecule has 136 valence electrons. The van der Waals surface area contributed by atoms with E-state index in [1.807, 2.05) is 30.3 Å². The Morgan fingerprint density at radius 3 is 2.92 bits per heavy atom. The van der Waals surface area contributed by atoms with Gasteiger partial charge in [-0.15, -0.1) is 0 Å². The number of hydrogen-bond donors (Lipinski definition) is 2. The summed E-state index contributed by atoms with van der Waals surface area (Å²) in [5.74, 6) is 0.818. The zero-order chi connectivity index (χ0) is 17.9. The first-order valence-corrected chi connectivity index (χ1v) is 9.43. The summed E-state index contributed by atoms with van der Waals surface area (Å²) in [4.78, 5) is 10.2. The van der Waals surface area contributed by atoms with Crippen LogP contribution in [0, 0.1) is 5.82 Å². The number of aromatic amines is 1. The molecule has 0 unspecified atom stereocenters. The van der Waals surface area contributed by atoms with Crippen LogP contribution in [-0.4, -0.2) is 35.6 Å². The molecule has 1 aliphatic rings. The lowest BCUT2D eigenvalue weighted by molar-refractivity contribution is 0.537. The van der Waals surface area contributed by atoms with E-state index in [0.717, 1.165) is 66.5 Å². The van der Waals surface area contributed by atoms with Crippen molar-refractivity contribution in [1.82, 2.24) is 15.3 Å². The summed E-state index contributed by atoms with van der Waals surface area (Å²) < 4.78 is 13.0. The molecule has 0 radical (unpaired) electrons. The molecule has 0 bridgehead atoms. The summed E-state index contributed by atoms with van der Waals surface area (Å²) in [7, 11) is 0. The maximum atomic E-state index is 13.0. The van der Waals surface area contributed by atoms with Crippen LogP contribution in [0.5, 0.6) is 0 Å². The molecule has 3 aromatic rings. The molecule has 0 amide bonds. The number of aryl methyl sites for hydroxylation is 1. The number of halogens is 2. The molecule has 26 heavy (non-hydrogen) atoms. The van der Waals surface area contributed by atoms with Crippen LogP contribution in [0.15, 0.2) is 42.5 Å². The molecule has 1 aromatic heterocycles. The van der Waals surface area contributed by atoms with Gasteiger partial charge in [0.1, 0.15) is 11.6 Å². The SMILES string of the molecule is Fc1ccc(N2CC[C@H](NCCCc3nc4ccc(Cl)cc4[nH]3)C2)cc1. The number of nitrogens with one attached hydrogen (secondary N) is 2. The van der Waals surface area contributed by atoms with E-state index in [1.54, 1.807) is 0 Å². The molecule has 1 fully saturated rings. The third-order valence-electron chi connectivity index (χ3n) is 4.90. The van der Waals surface area contributed by atoms with Crippen LogP contribution in [0.25, 0.3) is 11.0 Å². The van der Waals surface area contributed by atoms with Gasteiger partial charge in [-0.2, -0.15) is 0 Å². The van der Waals surface area contributed by atoms with Gasteiger partial charge in [-0.25, -0.2) is 9.37 Å². The second-order valence-corrected chi connectivity index (χ2v) is 7.25. The first kappa shape index (κ1) is 17.3. The molecule has 6 heteroatoms. The fraction of sp³-hybridized carbons (Fsp3) is 0.350. The van der Waals surface area contributed by atoms with Crippen molar-refractivity contribution >= 4 is 28.3 Å². The average molecular weight is 373 g/mol. The number of benzene rings is 2. The van der Waals surface area contributed by atoms with Gasteiger partial charge in [0.2, 0.25) is 0 Å². The van der Waals surface area contributed by atoms with E-state index in [4.69, 9.17) is 11.6 Å². The first-order valence-electron chi connectivity index (χ1n) is 9.05. The first-order chi connectivity index (χ1) is 12.7. The zero-order valence-corrected chi connectivity index (χ0v) is 15.3. The summed E-state index contributed by atoms with van der Waals surface area (Å²) in [6.45, 7) is 2.93. The van der Waals surface area contributed by atoms with Crippen LogP contribution >= 0.6 is 11.6 Å². The minimum absolute atomic E-state index is 0.185. The van der Waals surface area contributed by atoms with Gasteiger partial charge in [0.05, 0.1) is 11.0 Å². The van der Waals surface area contributed by atoms with E-state index < -0.39 is 0 Å². The second-order valence-electron chi connectivity index (χ2n) is 6.81. The largest absolute Gasteiger partial charge is 0.370 e. The Hall–Kier alpha value is -2.11. The van der Waals surface area contributed by atoms with Gasteiger partial charge in [-0.3, -0.25) is 0 Å². The number of rotatable bonds is 6. The van der Waals surface area contributed by atoms with Gasteiger partial charge >= 0.3 is 0 Å². The van der Waals surface area contributed by atoms with Crippen LogP contribution in [0.2, 0.25) is 5.02 Å². The maximum absolute atomic E-state index is 13.0. The molecule has 2 aromatic carbocycles. The van der Waals surface area contributed by atoms with E-state index in [2.05, 4.69) is 20.2 Å². The third kappa shape index (κ3) is 4.00. The Bertz CT molecular complexity index is 877. The predicted octanol–water partition coefficient (Wildman–Crippen LogP) is 4.16. The Labute approximate surface area is 157 Å². The van der Waals surface area contributed by atoms with Crippen LogP contribution in [0.4, 0.5) is 10.1 Å². The van der Waals surface area contributed by atoms with E-state index in [1.165, 1.54) is 12.1 Å². The highest BCUT2D eigenvalue weighted by atomic mass is 35.5. The van der Waals surface area contributed by atoms with Crippen LogP contribution < -0.4 is 10.2 Å². The highest BCUT2D eigenvalue weighted by Crippen LogP contribution is 2.21. The average Bonchev–Trinajstić information content (AvgIpc) is 3.25. The fourth-order valence-corrected chi connectivity index (χ4v) is 3.70. The van der Waals surface area contributed by atoms with Gasteiger partial charge in [0, 0.05) is 36.3 Å². The smallest absolute Gasteiger partial charge is 0.123 e. The van der Waals surface area contributed by atoms with Crippen molar-refractivity contribution in [3.63, 3.8) is 0 Å². The molecule has 2 N–H and O–H groups in total. The molecule has 1 aliphatic heterocycles. The molecular formula is C20H22ClFN4. The van der Waals surface area contributed by atoms with Gasteiger partial charge in [-0.1, -0.05) is 11.6 Å². The monoisotopic (exact) mass is 372 g/mol.